The standard InChI is InChI=1S/C16H27N5/c1-13(2)21-11-6-15(12-21)19-14-4-9-20(10-5-14)16-17-7-3-8-18-16/h3,7-8,13-15,19H,4-6,9-12H2,1-2H3. The summed E-state index contributed by atoms with van der Waals surface area (Å²) < 4.78 is 0. The van der Waals surface area contributed by atoms with Crippen molar-refractivity contribution in [1.82, 2.24) is 20.2 Å². The summed E-state index contributed by atoms with van der Waals surface area (Å²) in [6, 6.07) is 3.88. The van der Waals surface area contributed by atoms with Crippen molar-refractivity contribution in [1.29, 1.82) is 0 Å². The van der Waals surface area contributed by atoms with E-state index < -0.39 is 0 Å². The lowest BCUT2D eigenvalue weighted by atomic mass is 10.0. The van der Waals surface area contributed by atoms with Crippen LogP contribution in [0.2, 0.25) is 0 Å². The van der Waals surface area contributed by atoms with E-state index in [1.165, 1.54) is 32.4 Å². The molecular weight excluding hydrogens is 262 g/mol. The SMILES string of the molecule is CC(C)N1CCC(NC2CCN(c3ncccn3)CC2)C1. The average Bonchev–Trinajstić information content (AvgIpc) is 2.98. The number of hydrogen-bond acceptors (Lipinski definition) is 5. The van der Waals surface area contributed by atoms with Gasteiger partial charge in [-0.1, -0.05) is 0 Å². The summed E-state index contributed by atoms with van der Waals surface area (Å²) in [4.78, 5) is 13.6. The fraction of sp³-hybridized carbons (Fsp3) is 0.750. The molecule has 0 radical (unpaired) electrons. The van der Waals surface area contributed by atoms with Crippen LogP contribution in [0.3, 0.4) is 0 Å². The molecule has 3 heterocycles. The zero-order valence-corrected chi connectivity index (χ0v) is 13.2. The Bertz CT molecular complexity index is 428. The van der Waals surface area contributed by atoms with Crippen molar-refractivity contribution in [3.8, 4) is 0 Å². The first-order valence-electron chi connectivity index (χ1n) is 8.24. The van der Waals surface area contributed by atoms with Crippen molar-refractivity contribution in [2.45, 2.75) is 51.2 Å². The van der Waals surface area contributed by atoms with Gasteiger partial charge in [0.15, 0.2) is 0 Å². The summed E-state index contributed by atoms with van der Waals surface area (Å²) in [7, 11) is 0. The quantitative estimate of drug-likeness (QED) is 0.910. The molecule has 5 heteroatoms. The molecule has 1 atom stereocenters. The number of likely N-dealkylation sites (tertiary alicyclic amines) is 1. The lowest BCUT2D eigenvalue weighted by Gasteiger charge is -2.34. The highest BCUT2D eigenvalue weighted by molar-refractivity contribution is 5.29. The van der Waals surface area contributed by atoms with E-state index in [1.54, 1.807) is 0 Å². The van der Waals surface area contributed by atoms with Crippen LogP contribution >= 0.6 is 0 Å². The molecule has 1 aromatic heterocycles. The minimum atomic E-state index is 0.655. The molecule has 0 amide bonds. The molecule has 0 spiro atoms. The Morgan fingerprint density at radius 1 is 1.05 bits per heavy atom. The second kappa shape index (κ2) is 6.71. The molecule has 0 saturated carbocycles. The molecule has 1 aromatic rings. The second-order valence-corrected chi connectivity index (χ2v) is 6.55. The van der Waals surface area contributed by atoms with E-state index in [2.05, 4.69) is 38.9 Å². The van der Waals surface area contributed by atoms with Crippen molar-refractivity contribution in [2.24, 2.45) is 0 Å². The smallest absolute Gasteiger partial charge is 0.225 e. The Balaban J connectivity index is 1.44. The van der Waals surface area contributed by atoms with Crippen LogP contribution in [0.1, 0.15) is 33.1 Å². The van der Waals surface area contributed by atoms with Gasteiger partial charge < -0.3 is 10.2 Å². The molecule has 2 aliphatic heterocycles. The van der Waals surface area contributed by atoms with Gasteiger partial charge in [0.25, 0.3) is 0 Å². The molecule has 21 heavy (non-hydrogen) atoms. The molecule has 2 saturated heterocycles. The number of nitrogens with zero attached hydrogens (tertiary/aromatic N) is 4. The number of piperidine rings is 1. The Kier molecular flexibility index (Phi) is 4.70. The summed E-state index contributed by atoms with van der Waals surface area (Å²) in [5.41, 5.74) is 0. The first-order valence-corrected chi connectivity index (χ1v) is 8.24. The van der Waals surface area contributed by atoms with Gasteiger partial charge in [-0.15, -0.1) is 0 Å². The number of nitrogens with one attached hydrogen (secondary N) is 1. The molecule has 5 nitrogen and oxygen atoms in total. The van der Waals surface area contributed by atoms with Gasteiger partial charge in [0.05, 0.1) is 0 Å². The maximum Gasteiger partial charge on any atom is 0.225 e. The lowest BCUT2D eigenvalue weighted by molar-refractivity contribution is 0.262. The van der Waals surface area contributed by atoms with Crippen molar-refractivity contribution in [3.05, 3.63) is 18.5 Å². The maximum absolute atomic E-state index is 4.35. The van der Waals surface area contributed by atoms with E-state index in [9.17, 15) is 0 Å². The summed E-state index contributed by atoms with van der Waals surface area (Å²) in [5, 5.41) is 3.87. The maximum atomic E-state index is 4.35. The minimum Gasteiger partial charge on any atom is -0.341 e. The van der Waals surface area contributed by atoms with E-state index in [-0.39, 0.29) is 0 Å². The number of aromatic nitrogens is 2. The normalized spacial score (nSPS) is 24.9. The molecule has 3 rings (SSSR count). The lowest BCUT2D eigenvalue weighted by Crippen LogP contribution is -2.47. The van der Waals surface area contributed by atoms with Crippen LogP contribution in [-0.2, 0) is 0 Å². The number of hydrogen-bond donors (Lipinski definition) is 1. The molecule has 0 aromatic carbocycles. The summed E-state index contributed by atoms with van der Waals surface area (Å²) in [5.74, 6) is 0.878. The first kappa shape index (κ1) is 14.7. The molecule has 2 aliphatic rings. The van der Waals surface area contributed by atoms with Gasteiger partial charge in [-0.25, -0.2) is 9.97 Å². The van der Waals surface area contributed by atoms with Crippen LogP contribution in [0.5, 0.6) is 0 Å². The number of rotatable bonds is 4. The van der Waals surface area contributed by atoms with E-state index in [0.717, 1.165) is 19.0 Å². The molecule has 1 N–H and O–H groups in total. The largest absolute Gasteiger partial charge is 0.341 e. The fourth-order valence-electron chi connectivity index (χ4n) is 3.43. The van der Waals surface area contributed by atoms with Gasteiger partial charge >= 0.3 is 0 Å². The summed E-state index contributed by atoms with van der Waals surface area (Å²) >= 11 is 0. The third-order valence-electron chi connectivity index (χ3n) is 4.75. The fourth-order valence-corrected chi connectivity index (χ4v) is 3.43. The van der Waals surface area contributed by atoms with E-state index in [0.29, 0.717) is 18.1 Å². The van der Waals surface area contributed by atoms with Gasteiger partial charge in [0.2, 0.25) is 5.95 Å². The van der Waals surface area contributed by atoms with Crippen LogP contribution in [0.4, 0.5) is 5.95 Å². The zero-order chi connectivity index (χ0) is 14.7. The van der Waals surface area contributed by atoms with Gasteiger partial charge in [-0.2, -0.15) is 0 Å². The number of anilines is 1. The first-order chi connectivity index (χ1) is 10.2. The summed E-state index contributed by atoms with van der Waals surface area (Å²) in [6.45, 7) is 9.15. The van der Waals surface area contributed by atoms with Crippen LogP contribution < -0.4 is 10.2 Å². The van der Waals surface area contributed by atoms with E-state index in [4.69, 9.17) is 0 Å². The Hall–Kier alpha value is -1.20. The highest BCUT2D eigenvalue weighted by Gasteiger charge is 2.28. The monoisotopic (exact) mass is 289 g/mol. The van der Waals surface area contributed by atoms with Gasteiger partial charge in [-0.3, -0.25) is 4.90 Å². The highest BCUT2D eigenvalue weighted by atomic mass is 15.3. The zero-order valence-electron chi connectivity index (χ0n) is 13.2. The van der Waals surface area contributed by atoms with Crippen LogP contribution in [-0.4, -0.2) is 59.2 Å². The third kappa shape index (κ3) is 3.71. The van der Waals surface area contributed by atoms with Crippen LogP contribution in [0.15, 0.2) is 18.5 Å². The van der Waals surface area contributed by atoms with Gasteiger partial charge in [0.1, 0.15) is 0 Å². The Labute approximate surface area is 127 Å². The third-order valence-corrected chi connectivity index (χ3v) is 4.75. The molecule has 0 bridgehead atoms. The van der Waals surface area contributed by atoms with Crippen LogP contribution in [0.25, 0.3) is 0 Å². The highest BCUT2D eigenvalue weighted by Crippen LogP contribution is 2.18. The average molecular weight is 289 g/mol. The van der Waals surface area contributed by atoms with Crippen molar-refractivity contribution < 1.29 is 0 Å². The Morgan fingerprint density at radius 2 is 1.71 bits per heavy atom. The topological polar surface area (TPSA) is 44.3 Å². The van der Waals surface area contributed by atoms with Crippen molar-refractivity contribution >= 4 is 5.95 Å². The van der Waals surface area contributed by atoms with E-state index >= 15 is 0 Å². The predicted octanol–water partition coefficient (Wildman–Crippen LogP) is 1.52. The molecular formula is C16H27N5. The predicted molar refractivity (Wildman–Crippen MR) is 85.5 cm³/mol. The molecule has 0 aliphatic carbocycles. The summed E-state index contributed by atoms with van der Waals surface area (Å²) in [6.07, 6.45) is 7.32. The van der Waals surface area contributed by atoms with E-state index in [1.807, 2.05) is 18.5 Å². The Morgan fingerprint density at radius 3 is 2.33 bits per heavy atom. The second-order valence-electron chi connectivity index (χ2n) is 6.55. The van der Waals surface area contributed by atoms with Crippen LogP contribution in [0, 0.1) is 0 Å². The molecule has 1 unspecified atom stereocenters. The minimum absolute atomic E-state index is 0.655. The van der Waals surface area contributed by atoms with Crippen molar-refractivity contribution in [3.63, 3.8) is 0 Å². The molecule has 2 fully saturated rings. The van der Waals surface area contributed by atoms with Gasteiger partial charge in [-0.05, 0) is 45.7 Å². The molecule has 116 valence electrons. The van der Waals surface area contributed by atoms with Gasteiger partial charge in [0, 0.05) is 50.2 Å². The van der Waals surface area contributed by atoms with Crippen molar-refractivity contribution in [2.75, 3.05) is 31.1 Å².